The van der Waals surface area contributed by atoms with Crippen molar-refractivity contribution in [3.8, 4) is 0 Å². The lowest BCUT2D eigenvalue weighted by Gasteiger charge is -2.29. The number of rotatable bonds is 4. The van der Waals surface area contributed by atoms with Gasteiger partial charge in [-0.15, -0.1) is 0 Å². The Morgan fingerprint density at radius 1 is 1.07 bits per heavy atom. The Bertz CT molecular complexity index is 1230. The maximum absolute atomic E-state index is 13.8. The van der Waals surface area contributed by atoms with Gasteiger partial charge in [-0.25, -0.2) is 9.37 Å². The summed E-state index contributed by atoms with van der Waals surface area (Å²) in [5.74, 6) is 0.507. The molecule has 0 fully saturated rings. The molecule has 0 saturated heterocycles. The highest BCUT2D eigenvalue weighted by Crippen LogP contribution is 2.28. The smallest absolute Gasteiger partial charge is 0.142 e. The minimum atomic E-state index is -0.369. The number of pyridine rings is 2. The van der Waals surface area contributed by atoms with E-state index in [2.05, 4.69) is 38.4 Å². The zero-order chi connectivity index (χ0) is 20.5. The van der Waals surface area contributed by atoms with Crippen LogP contribution >= 0.6 is 11.6 Å². The summed E-state index contributed by atoms with van der Waals surface area (Å²) in [5, 5.41) is 4.70. The van der Waals surface area contributed by atoms with E-state index in [4.69, 9.17) is 11.6 Å². The van der Waals surface area contributed by atoms with Crippen LogP contribution in [0.1, 0.15) is 16.7 Å². The van der Waals surface area contributed by atoms with Crippen LogP contribution in [0.4, 0.5) is 15.9 Å². The van der Waals surface area contributed by atoms with Crippen molar-refractivity contribution in [2.45, 2.75) is 19.5 Å². The molecule has 2 aromatic heterocycles. The molecular formula is C24H20ClFN4. The number of halogens is 2. The van der Waals surface area contributed by atoms with Crippen molar-refractivity contribution >= 4 is 34.0 Å². The number of anilines is 2. The molecule has 0 amide bonds. The molecule has 30 heavy (non-hydrogen) atoms. The first-order valence-corrected chi connectivity index (χ1v) is 10.3. The van der Waals surface area contributed by atoms with E-state index < -0.39 is 0 Å². The van der Waals surface area contributed by atoms with Crippen molar-refractivity contribution in [1.29, 1.82) is 0 Å². The highest BCUT2D eigenvalue weighted by molar-refractivity contribution is 6.30. The van der Waals surface area contributed by atoms with E-state index in [9.17, 15) is 4.39 Å². The van der Waals surface area contributed by atoms with E-state index >= 15 is 0 Å². The number of fused-ring (bicyclic) bond motifs is 2. The number of nitrogens with zero attached hydrogens (tertiary/aromatic N) is 3. The predicted molar refractivity (Wildman–Crippen MR) is 118 cm³/mol. The minimum absolute atomic E-state index is 0.160. The number of hydrogen-bond acceptors (Lipinski definition) is 4. The fraction of sp³-hybridized carbons (Fsp3) is 0.167. The molecule has 150 valence electrons. The lowest BCUT2D eigenvalue weighted by molar-refractivity contribution is 0.245. The standard InChI is InChI=1S/C24H20ClFN4/c25-21-6-5-16(11-22(21)26)14-30-10-8-20-18(15-30)7-9-27-24(20)29-19-12-17-3-1-2-4-23(17)28-13-19/h1-7,9,11-13H,8,10,14-15H2,(H,27,29). The summed E-state index contributed by atoms with van der Waals surface area (Å²) < 4.78 is 13.8. The number of benzene rings is 2. The van der Waals surface area contributed by atoms with E-state index in [0.717, 1.165) is 47.5 Å². The molecule has 0 bridgehead atoms. The van der Waals surface area contributed by atoms with E-state index in [1.165, 1.54) is 17.2 Å². The molecule has 4 nitrogen and oxygen atoms in total. The monoisotopic (exact) mass is 418 g/mol. The predicted octanol–water partition coefficient (Wildman–Crippen LogP) is 5.72. The van der Waals surface area contributed by atoms with Gasteiger partial charge in [-0.05, 0) is 47.9 Å². The SMILES string of the molecule is Fc1cc(CN2CCc3c(ccnc3Nc3cnc4ccccc4c3)C2)ccc1Cl. The Balaban J connectivity index is 1.35. The summed E-state index contributed by atoms with van der Waals surface area (Å²) in [6, 6.07) is 17.2. The summed E-state index contributed by atoms with van der Waals surface area (Å²) in [4.78, 5) is 11.4. The quantitative estimate of drug-likeness (QED) is 0.460. The number of nitrogens with one attached hydrogen (secondary N) is 1. The Labute approximate surface area is 179 Å². The first-order chi connectivity index (χ1) is 14.7. The summed E-state index contributed by atoms with van der Waals surface area (Å²) in [6.07, 6.45) is 4.55. The molecule has 0 atom stereocenters. The van der Waals surface area contributed by atoms with Crippen molar-refractivity contribution in [2.75, 3.05) is 11.9 Å². The molecule has 0 unspecified atom stereocenters. The minimum Gasteiger partial charge on any atom is -0.339 e. The van der Waals surface area contributed by atoms with Gasteiger partial charge in [0.15, 0.2) is 0 Å². The van der Waals surface area contributed by atoms with Gasteiger partial charge in [0.05, 0.1) is 22.4 Å². The second kappa shape index (κ2) is 8.01. The van der Waals surface area contributed by atoms with Gasteiger partial charge in [0.1, 0.15) is 11.6 Å². The number of hydrogen-bond donors (Lipinski definition) is 1. The zero-order valence-electron chi connectivity index (χ0n) is 16.3. The lowest BCUT2D eigenvalue weighted by atomic mass is 10.00. The summed E-state index contributed by atoms with van der Waals surface area (Å²) >= 11 is 5.80. The molecule has 2 aromatic carbocycles. The van der Waals surface area contributed by atoms with Crippen LogP contribution in [0.15, 0.2) is 67.0 Å². The molecule has 1 aliphatic heterocycles. The number of para-hydroxylation sites is 1. The van der Waals surface area contributed by atoms with Crippen LogP contribution in [0.2, 0.25) is 5.02 Å². The topological polar surface area (TPSA) is 41.1 Å². The highest BCUT2D eigenvalue weighted by Gasteiger charge is 2.20. The van der Waals surface area contributed by atoms with Crippen LogP contribution in [-0.4, -0.2) is 21.4 Å². The van der Waals surface area contributed by atoms with Gasteiger partial charge >= 0.3 is 0 Å². The molecule has 4 aromatic rings. The lowest BCUT2D eigenvalue weighted by Crippen LogP contribution is -2.30. The highest BCUT2D eigenvalue weighted by atomic mass is 35.5. The van der Waals surface area contributed by atoms with Crippen LogP contribution in [0.5, 0.6) is 0 Å². The maximum Gasteiger partial charge on any atom is 0.142 e. The van der Waals surface area contributed by atoms with Gasteiger partial charge in [-0.3, -0.25) is 9.88 Å². The molecule has 1 N–H and O–H groups in total. The van der Waals surface area contributed by atoms with Crippen molar-refractivity contribution in [2.24, 2.45) is 0 Å². The fourth-order valence-electron chi connectivity index (χ4n) is 3.96. The van der Waals surface area contributed by atoms with Crippen molar-refractivity contribution < 1.29 is 4.39 Å². The average Bonchev–Trinajstić information content (AvgIpc) is 2.76. The third-order valence-electron chi connectivity index (χ3n) is 5.47. The van der Waals surface area contributed by atoms with Crippen molar-refractivity contribution in [1.82, 2.24) is 14.9 Å². The Morgan fingerprint density at radius 2 is 1.97 bits per heavy atom. The molecule has 0 spiro atoms. The number of aromatic nitrogens is 2. The second-order valence-corrected chi connectivity index (χ2v) is 7.96. The van der Waals surface area contributed by atoms with E-state index in [1.807, 2.05) is 36.7 Å². The van der Waals surface area contributed by atoms with E-state index in [1.54, 1.807) is 6.07 Å². The first kappa shape index (κ1) is 19.0. The fourth-order valence-corrected chi connectivity index (χ4v) is 4.08. The molecule has 0 saturated carbocycles. The van der Waals surface area contributed by atoms with Crippen LogP contribution in [0, 0.1) is 5.82 Å². The molecular weight excluding hydrogens is 399 g/mol. The van der Waals surface area contributed by atoms with E-state index in [0.29, 0.717) is 6.54 Å². The van der Waals surface area contributed by atoms with Crippen LogP contribution in [-0.2, 0) is 19.5 Å². The molecule has 0 aliphatic carbocycles. The van der Waals surface area contributed by atoms with Gasteiger partial charge in [0, 0.05) is 36.8 Å². The summed E-state index contributed by atoms with van der Waals surface area (Å²) in [5.41, 5.74) is 5.29. The molecule has 3 heterocycles. The molecule has 0 radical (unpaired) electrons. The van der Waals surface area contributed by atoms with Gasteiger partial charge in [0.25, 0.3) is 0 Å². The van der Waals surface area contributed by atoms with Gasteiger partial charge in [0.2, 0.25) is 0 Å². The van der Waals surface area contributed by atoms with Crippen LogP contribution in [0.3, 0.4) is 0 Å². The third-order valence-corrected chi connectivity index (χ3v) is 5.77. The van der Waals surface area contributed by atoms with Gasteiger partial charge < -0.3 is 5.32 Å². The van der Waals surface area contributed by atoms with Crippen molar-refractivity contribution in [3.63, 3.8) is 0 Å². The summed E-state index contributed by atoms with van der Waals surface area (Å²) in [7, 11) is 0. The Hall–Kier alpha value is -3.02. The second-order valence-electron chi connectivity index (χ2n) is 7.55. The summed E-state index contributed by atoms with van der Waals surface area (Å²) in [6.45, 7) is 2.37. The largest absolute Gasteiger partial charge is 0.339 e. The Kier molecular flexibility index (Phi) is 5.07. The van der Waals surface area contributed by atoms with Gasteiger partial charge in [-0.2, -0.15) is 0 Å². The van der Waals surface area contributed by atoms with E-state index in [-0.39, 0.29) is 10.8 Å². The van der Waals surface area contributed by atoms with Crippen LogP contribution < -0.4 is 5.32 Å². The molecule has 5 rings (SSSR count). The zero-order valence-corrected chi connectivity index (χ0v) is 17.0. The molecule has 6 heteroatoms. The normalized spacial score (nSPS) is 13.9. The first-order valence-electron chi connectivity index (χ1n) is 9.90. The van der Waals surface area contributed by atoms with Crippen LogP contribution in [0.25, 0.3) is 10.9 Å². The third kappa shape index (κ3) is 3.86. The van der Waals surface area contributed by atoms with Gasteiger partial charge in [-0.1, -0.05) is 35.9 Å². The maximum atomic E-state index is 13.8. The average molecular weight is 419 g/mol. The van der Waals surface area contributed by atoms with Crippen molar-refractivity contribution in [3.05, 3.63) is 94.5 Å². The molecule has 1 aliphatic rings. The Morgan fingerprint density at radius 3 is 2.87 bits per heavy atom.